The Morgan fingerprint density at radius 3 is 2.65 bits per heavy atom. The van der Waals surface area contributed by atoms with Crippen molar-refractivity contribution in [1.29, 1.82) is 0 Å². The molecule has 6 heteroatoms. The van der Waals surface area contributed by atoms with Crippen LogP contribution in [0.4, 0.5) is 0 Å². The molecule has 17 heavy (non-hydrogen) atoms. The van der Waals surface area contributed by atoms with Gasteiger partial charge in [0.1, 0.15) is 13.2 Å². The predicted molar refractivity (Wildman–Crippen MR) is 58.0 cm³/mol. The number of benzene rings is 1. The first kappa shape index (κ1) is 11.3. The smallest absolute Gasteiger partial charge is 0.309 e. The van der Waals surface area contributed by atoms with E-state index in [-0.39, 0.29) is 12.1 Å². The van der Waals surface area contributed by atoms with E-state index in [4.69, 9.17) is 19.8 Å². The van der Waals surface area contributed by atoms with Crippen molar-refractivity contribution in [2.75, 3.05) is 13.2 Å². The second kappa shape index (κ2) is 4.73. The normalized spacial score (nSPS) is 14.5. The van der Waals surface area contributed by atoms with Gasteiger partial charge in [-0.05, 0) is 18.2 Å². The van der Waals surface area contributed by atoms with E-state index in [0.717, 1.165) is 0 Å². The summed E-state index contributed by atoms with van der Waals surface area (Å²) in [5.74, 6) is 0.0700. The Labute approximate surface area is 97.1 Å². The molecule has 0 aromatic heterocycles. The number of hydrogen-bond acceptors (Lipinski definition) is 5. The van der Waals surface area contributed by atoms with Crippen LogP contribution in [-0.2, 0) is 4.79 Å². The van der Waals surface area contributed by atoms with Crippen LogP contribution in [0.5, 0.6) is 11.5 Å². The fourth-order valence-corrected chi connectivity index (χ4v) is 1.56. The van der Waals surface area contributed by atoms with Crippen molar-refractivity contribution in [3.63, 3.8) is 0 Å². The first-order valence-electron chi connectivity index (χ1n) is 5.03. The van der Waals surface area contributed by atoms with Crippen LogP contribution in [0.15, 0.2) is 23.4 Å². The molecule has 2 rings (SSSR count). The number of carbonyl (C=O) groups is 1. The zero-order valence-corrected chi connectivity index (χ0v) is 8.92. The van der Waals surface area contributed by atoms with Gasteiger partial charge in [0.05, 0.1) is 12.1 Å². The molecule has 0 spiro atoms. The number of nitrogens with zero attached hydrogens (tertiary/aromatic N) is 1. The van der Waals surface area contributed by atoms with Crippen LogP contribution in [0.25, 0.3) is 0 Å². The lowest BCUT2D eigenvalue weighted by Crippen LogP contribution is -2.16. The molecule has 0 saturated carbocycles. The van der Waals surface area contributed by atoms with E-state index in [1.807, 2.05) is 0 Å². The van der Waals surface area contributed by atoms with Crippen LogP contribution >= 0.6 is 0 Å². The Morgan fingerprint density at radius 2 is 2.00 bits per heavy atom. The first-order chi connectivity index (χ1) is 8.20. The molecule has 1 heterocycles. The van der Waals surface area contributed by atoms with Crippen LogP contribution in [0.3, 0.4) is 0 Å². The molecule has 90 valence electrons. The van der Waals surface area contributed by atoms with Crippen LogP contribution in [0.1, 0.15) is 12.0 Å². The van der Waals surface area contributed by atoms with Crippen LogP contribution < -0.4 is 9.47 Å². The van der Waals surface area contributed by atoms with Gasteiger partial charge in [0, 0.05) is 5.56 Å². The number of fused-ring (bicyclic) bond motifs is 1. The highest BCUT2D eigenvalue weighted by molar-refractivity contribution is 6.08. The van der Waals surface area contributed by atoms with Crippen LogP contribution in [-0.4, -0.2) is 35.2 Å². The highest BCUT2D eigenvalue weighted by atomic mass is 16.6. The van der Waals surface area contributed by atoms with Gasteiger partial charge >= 0.3 is 5.97 Å². The van der Waals surface area contributed by atoms with Crippen molar-refractivity contribution in [1.82, 2.24) is 0 Å². The summed E-state index contributed by atoms with van der Waals surface area (Å²) in [7, 11) is 0. The van der Waals surface area contributed by atoms with E-state index in [1.165, 1.54) is 0 Å². The quantitative estimate of drug-likeness (QED) is 0.467. The van der Waals surface area contributed by atoms with Gasteiger partial charge in [-0.1, -0.05) is 5.16 Å². The highest BCUT2D eigenvalue weighted by Gasteiger charge is 2.15. The summed E-state index contributed by atoms with van der Waals surface area (Å²) < 4.78 is 10.7. The SMILES string of the molecule is O=C(O)C/C(=N/O)c1ccc2c(c1)OCCO2. The summed E-state index contributed by atoms with van der Waals surface area (Å²) >= 11 is 0. The van der Waals surface area contributed by atoms with E-state index in [9.17, 15) is 4.79 Å². The molecule has 0 unspecified atom stereocenters. The van der Waals surface area contributed by atoms with Gasteiger partial charge in [-0.3, -0.25) is 4.79 Å². The van der Waals surface area contributed by atoms with E-state index in [0.29, 0.717) is 30.3 Å². The van der Waals surface area contributed by atoms with Gasteiger partial charge in [-0.2, -0.15) is 0 Å². The van der Waals surface area contributed by atoms with Crippen LogP contribution in [0.2, 0.25) is 0 Å². The Kier molecular flexibility index (Phi) is 3.13. The highest BCUT2D eigenvalue weighted by Crippen LogP contribution is 2.31. The summed E-state index contributed by atoms with van der Waals surface area (Å²) in [4.78, 5) is 10.6. The maximum Gasteiger partial charge on any atom is 0.309 e. The van der Waals surface area contributed by atoms with Gasteiger partial charge in [0.25, 0.3) is 0 Å². The third kappa shape index (κ3) is 2.47. The third-order valence-electron chi connectivity index (χ3n) is 2.31. The minimum atomic E-state index is -1.06. The van der Waals surface area contributed by atoms with Gasteiger partial charge < -0.3 is 19.8 Å². The first-order valence-corrected chi connectivity index (χ1v) is 5.03. The van der Waals surface area contributed by atoms with Crippen molar-refractivity contribution < 1.29 is 24.6 Å². The van der Waals surface area contributed by atoms with E-state index >= 15 is 0 Å². The molecule has 1 aromatic rings. The molecule has 1 aliphatic heterocycles. The Bertz CT molecular complexity index is 469. The summed E-state index contributed by atoms with van der Waals surface area (Å²) in [6.45, 7) is 0.934. The Balaban J connectivity index is 2.29. The molecule has 0 atom stereocenters. The van der Waals surface area contributed by atoms with Crippen molar-refractivity contribution in [2.45, 2.75) is 6.42 Å². The second-order valence-electron chi connectivity index (χ2n) is 3.48. The number of rotatable bonds is 3. The molecular weight excluding hydrogens is 226 g/mol. The molecule has 1 aliphatic rings. The Morgan fingerprint density at radius 1 is 1.29 bits per heavy atom. The molecule has 1 aromatic carbocycles. The second-order valence-corrected chi connectivity index (χ2v) is 3.48. The zero-order valence-electron chi connectivity index (χ0n) is 8.92. The lowest BCUT2D eigenvalue weighted by Gasteiger charge is -2.18. The molecule has 0 fully saturated rings. The van der Waals surface area contributed by atoms with Gasteiger partial charge in [0.15, 0.2) is 11.5 Å². The lowest BCUT2D eigenvalue weighted by molar-refractivity contribution is -0.135. The van der Waals surface area contributed by atoms with E-state index < -0.39 is 5.97 Å². The summed E-state index contributed by atoms with van der Waals surface area (Å²) in [6, 6.07) is 4.90. The van der Waals surface area contributed by atoms with Crippen LogP contribution in [0, 0.1) is 0 Å². The van der Waals surface area contributed by atoms with Crippen molar-refractivity contribution in [3.05, 3.63) is 23.8 Å². The minimum absolute atomic E-state index is 0.0782. The average molecular weight is 237 g/mol. The molecule has 0 aliphatic carbocycles. The van der Waals surface area contributed by atoms with Gasteiger partial charge in [0.2, 0.25) is 0 Å². The number of ether oxygens (including phenoxy) is 2. The Hall–Kier alpha value is -2.24. The van der Waals surface area contributed by atoms with E-state index in [2.05, 4.69) is 5.16 Å². The molecule has 0 saturated heterocycles. The minimum Gasteiger partial charge on any atom is -0.486 e. The van der Waals surface area contributed by atoms with Crippen molar-refractivity contribution >= 4 is 11.7 Å². The number of aliphatic carboxylic acids is 1. The number of carboxylic acids is 1. The monoisotopic (exact) mass is 237 g/mol. The molecule has 6 nitrogen and oxygen atoms in total. The largest absolute Gasteiger partial charge is 0.486 e. The molecular formula is C11H11NO5. The number of carboxylic acid groups (broad SMARTS) is 1. The van der Waals surface area contributed by atoms with Gasteiger partial charge in [-0.15, -0.1) is 0 Å². The summed E-state index contributed by atoms with van der Waals surface area (Å²) in [6.07, 6.45) is -0.351. The fraction of sp³-hybridized carbons (Fsp3) is 0.273. The number of oxime groups is 1. The number of hydrogen-bond donors (Lipinski definition) is 2. The molecule has 0 radical (unpaired) electrons. The predicted octanol–water partition coefficient (Wildman–Crippen LogP) is 1.11. The molecule has 2 N–H and O–H groups in total. The molecule has 0 bridgehead atoms. The maximum atomic E-state index is 10.6. The standard InChI is InChI=1S/C11H11NO5/c13-11(14)6-8(12-15)7-1-2-9-10(5-7)17-4-3-16-9/h1-2,5,15H,3-4,6H2,(H,13,14)/b12-8-. The van der Waals surface area contributed by atoms with Gasteiger partial charge in [-0.25, -0.2) is 0 Å². The summed E-state index contributed by atoms with van der Waals surface area (Å²) in [5.41, 5.74) is 0.577. The maximum absolute atomic E-state index is 10.6. The fourth-order valence-electron chi connectivity index (χ4n) is 1.56. The summed E-state index contributed by atoms with van der Waals surface area (Å²) in [5, 5.41) is 20.4. The zero-order chi connectivity index (χ0) is 12.3. The lowest BCUT2D eigenvalue weighted by atomic mass is 10.1. The topological polar surface area (TPSA) is 88.4 Å². The van der Waals surface area contributed by atoms with Crippen molar-refractivity contribution in [3.8, 4) is 11.5 Å². The van der Waals surface area contributed by atoms with E-state index in [1.54, 1.807) is 18.2 Å². The molecule has 0 amide bonds. The average Bonchev–Trinajstić information content (AvgIpc) is 2.35. The van der Waals surface area contributed by atoms with Crippen molar-refractivity contribution in [2.24, 2.45) is 5.16 Å². The third-order valence-corrected chi connectivity index (χ3v) is 2.31.